The van der Waals surface area contributed by atoms with Gasteiger partial charge in [0.2, 0.25) is 0 Å². The molecule has 1 rings (SSSR count). The zero-order valence-corrected chi connectivity index (χ0v) is 11.7. The lowest BCUT2D eigenvalue weighted by Gasteiger charge is -2.09. The van der Waals surface area contributed by atoms with Crippen molar-refractivity contribution in [3.63, 3.8) is 0 Å². The first kappa shape index (κ1) is 14.8. The number of aromatic hydroxyl groups is 2. The molecule has 0 bridgehead atoms. The van der Waals surface area contributed by atoms with Crippen molar-refractivity contribution in [3.8, 4) is 11.5 Å². The van der Waals surface area contributed by atoms with Gasteiger partial charge in [-0.2, -0.15) is 0 Å². The number of phenolic OH excluding ortho intramolecular Hbond substituents is 2. The number of hydrogen-bond acceptors (Lipinski definition) is 4. The summed E-state index contributed by atoms with van der Waals surface area (Å²) < 4.78 is 0. The molecule has 3 nitrogen and oxygen atoms in total. The predicted octanol–water partition coefficient (Wildman–Crippen LogP) is 3.56. The molecule has 18 heavy (non-hydrogen) atoms. The van der Waals surface area contributed by atoms with Crippen LogP contribution in [-0.4, -0.2) is 16.0 Å². The van der Waals surface area contributed by atoms with Gasteiger partial charge in [0.1, 0.15) is 11.5 Å². The number of rotatable bonds is 6. The Hall–Kier alpha value is -1.29. The molecule has 0 aliphatic carbocycles. The molecule has 0 saturated carbocycles. The molecule has 0 aromatic heterocycles. The van der Waals surface area contributed by atoms with Crippen LogP contribution in [0, 0.1) is 5.92 Å². The quantitative estimate of drug-likeness (QED) is 0.544. The van der Waals surface area contributed by atoms with E-state index in [4.69, 9.17) is 5.73 Å². The smallest absolute Gasteiger partial charge is 0.133 e. The number of hydrogen-bond donors (Lipinski definition) is 3. The first-order valence-corrected chi connectivity index (χ1v) is 7.10. The molecule has 4 heteroatoms. The highest BCUT2D eigenvalue weighted by atomic mass is 32.2. The third-order valence-corrected chi connectivity index (χ3v) is 3.73. The molecule has 100 valence electrons. The van der Waals surface area contributed by atoms with Crippen molar-refractivity contribution in [2.24, 2.45) is 11.7 Å². The molecule has 0 aliphatic rings. The van der Waals surface area contributed by atoms with Gasteiger partial charge in [-0.25, -0.2) is 0 Å². The summed E-state index contributed by atoms with van der Waals surface area (Å²) in [5, 5.41) is 19.7. The zero-order chi connectivity index (χ0) is 13.5. The summed E-state index contributed by atoms with van der Waals surface area (Å²) in [6, 6.07) is 3.21. The van der Waals surface area contributed by atoms with Crippen molar-refractivity contribution in [3.05, 3.63) is 23.9 Å². The minimum absolute atomic E-state index is 0.109. The molecule has 0 amide bonds. The van der Waals surface area contributed by atoms with Crippen LogP contribution in [0.2, 0.25) is 0 Å². The Morgan fingerprint density at radius 3 is 2.39 bits per heavy atom. The molecule has 1 aromatic rings. The largest absolute Gasteiger partial charge is 0.507 e. The molecular weight excluding hydrogens is 246 g/mol. The number of nitrogens with two attached hydrogens (primary N) is 1. The van der Waals surface area contributed by atoms with Crippen LogP contribution in [0.25, 0.3) is 6.08 Å². The van der Waals surface area contributed by atoms with E-state index in [1.54, 1.807) is 18.2 Å². The maximum Gasteiger partial charge on any atom is 0.133 e. The van der Waals surface area contributed by atoms with Gasteiger partial charge in [0.15, 0.2) is 0 Å². The van der Waals surface area contributed by atoms with Gasteiger partial charge in [-0.15, -0.1) is 11.8 Å². The van der Waals surface area contributed by atoms with E-state index >= 15 is 0 Å². The highest BCUT2D eigenvalue weighted by Gasteiger charge is 2.09. The summed E-state index contributed by atoms with van der Waals surface area (Å²) in [7, 11) is 0. The van der Waals surface area contributed by atoms with Gasteiger partial charge in [-0.1, -0.05) is 20.3 Å². The number of thioether (sulfide) groups is 1. The van der Waals surface area contributed by atoms with Gasteiger partial charge in [0.05, 0.1) is 4.90 Å². The molecule has 0 radical (unpaired) electrons. The van der Waals surface area contributed by atoms with Crippen molar-refractivity contribution in [1.29, 1.82) is 0 Å². The Balaban J connectivity index is 2.66. The Morgan fingerprint density at radius 1 is 1.28 bits per heavy atom. The lowest BCUT2D eigenvalue weighted by atomic mass is 10.1. The highest BCUT2D eigenvalue weighted by molar-refractivity contribution is 7.99. The van der Waals surface area contributed by atoms with Crippen LogP contribution in [0.5, 0.6) is 11.5 Å². The van der Waals surface area contributed by atoms with Crippen molar-refractivity contribution >= 4 is 17.8 Å². The summed E-state index contributed by atoms with van der Waals surface area (Å²) in [6.07, 6.45) is 5.24. The van der Waals surface area contributed by atoms with Gasteiger partial charge >= 0.3 is 0 Å². The Bertz CT molecular complexity index is 393. The van der Waals surface area contributed by atoms with Gasteiger partial charge in [0, 0.05) is 0 Å². The fourth-order valence-electron chi connectivity index (χ4n) is 1.64. The first-order valence-electron chi connectivity index (χ1n) is 6.11. The predicted molar refractivity (Wildman–Crippen MR) is 77.8 cm³/mol. The fourth-order valence-corrected chi connectivity index (χ4v) is 2.57. The first-order chi connectivity index (χ1) is 8.54. The molecule has 0 aliphatic heterocycles. The maximum atomic E-state index is 9.85. The number of benzene rings is 1. The van der Waals surface area contributed by atoms with Crippen LogP contribution in [0.4, 0.5) is 0 Å². The van der Waals surface area contributed by atoms with Crippen molar-refractivity contribution in [2.75, 3.05) is 5.75 Å². The standard InChI is InChI=1S/C14H21NO2S/c1-10(2)4-3-7-18-14-12(16)8-11(5-6-15)9-13(14)17/h5-6,8-10,16-17H,3-4,7,15H2,1-2H3/b6-5+. The van der Waals surface area contributed by atoms with Gasteiger partial charge < -0.3 is 15.9 Å². The molecule has 0 fully saturated rings. The average molecular weight is 267 g/mol. The van der Waals surface area contributed by atoms with Crippen LogP contribution in [0.15, 0.2) is 23.2 Å². The summed E-state index contributed by atoms with van der Waals surface area (Å²) in [6.45, 7) is 4.38. The monoisotopic (exact) mass is 267 g/mol. The molecule has 0 heterocycles. The lowest BCUT2D eigenvalue weighted by Crippen LogP contribution is -1.89. The van der Waals surface area contributed by atoms with Crippen molar-refractivity contribution in [1.82, 2.24) is 0 Å². The van der Waals surface area contributed by atoms with E-state index in [0.717, 1.165) is 18.6 Å². The van der Waals surface area contributed by atoms with E-state index in [2.05, 4.69) is 13.8 Å². The topological polar surface area (TPSA) is 66.5 Å². The second-order valence-corrected chi connectivity index (χ2v) is 5.74. The Morgan fingerprint density at radius 2 is 1.89 bits per heavy atom. The second-order valence-electron chi connectivity index (χ2n) is 4.63. The summed E-state index contributed by atoms with van der Waals surface area (Å²) in [5.41, 5.74) is 5.97. The number of phenols is 2. The Labute approximate surface area is 113 Å². The highest BCUT2D eigenvalue weighted by Crippen LogP contribution is 2.38. The van der Waals surface area contributed by atoms with Crippen molar-refractivity contribution < 1.29 is 10.2 Å². The molecule has 0 atom stereocenters. The van der Waals surface area contributed by atoms with Crippen LogP contribution in [-0.2, 0) is 0 Å². The third kappa shape index (κ3) is 4.53. The molecule has 1 aromatic carbocycles. The van der Waals surface area contributed by atoms with E-state index in [1.165, 1.54) is 18.0 Å². The maximum absolute atomic E-state index is 9.85. The van der Waals surface area contributed by atoms with Crippen molar-refractivity contribution in [2.45, 2.75) is 31.6 Å². The summed E-state index contributed by atoms with van der Waals surface area (Å²) >= 11 is 1.49. The normalized spacial score (nSPS) is 11.5. The Kier molecular flexibility index (Phi) is 5.92. The lowest BCUT2D eigenvalue weighted by molar-refractivity contribution is 0.428. The van der Waals surface area contributed by atoms with Crippen LogP contribution in [0.3, 0.4) is 0 Å². The van der Waals surface area contributed by atoms with E-state index in [1.807, 2.05) is 0 Å². The van der Waals surface area contributed by atoms with E-state index < -0.39 is 0 Å². The minimum atomic E-state index is 0.109. The zero-order valence-electron chi connectivity index (χ0n) is 10.9. The van der Waals surface area contributed by atoms with E-state index in [0.29, 0.717) is 16.4 Å². The van der Waals surface area contributed by atoms with Gasteiger partial charge in [-0.3, -0.25) is 0 Å². The van der Waals surface area contributed by atoms with Gasteiger partial charge in [0.25, 0.3) is 0 Å². The van der Waals surface area contributed by atoms with Crippen LogP contribution in [0.1, 0.15) is 32.3 Å². The minimum Gasteiger partial charge on any atom is -0.507 e. The van der Waals surface area contributed by atoms with Crippen LogP contribution < -0.4 is 5.73 Å². The molecular formula is C14H21NO2S. The molecule has 0 saturated heterocycles. The average Bonchev–Trinajstić information content (AvgIpc) is 2.27. The van der Waals surface area contributed by atoms with Crippen LogP contribution >= 0.6 is 11.8 Å². The van der Waals surface area contributed by atoms with E-state index in [9.17, 15) is 10.2 Å². The summed E-state index contributed by atoms with van der Waals surface area (Å²) in [4.78, 5) is 0.549. The molecule has 0 spiro atoms. The molecule has 0 unspecified atom stereocenters. The third-order valence-electron chi connectivity index (χ3n) is 2.53. The molecule has 4 N–H and O–H groups in total. The fraction of sp³-hybridized carbons (Fsp3) is 0.429. The summed E-state index contributed by atoms with van der Waals surface area (Å²) in [5.74, 6) is 1.80. The van der Waals surface area contributed by atoms with Gasteiger partial charge in [-0.05, 0) is 48.1 Å². The second kappa shape index (κ2) is 7.21. The SMILES string of the molecule is CC(C)CCCSc1c(O)cc(/C=C/N)cc1O. The van der Waals surface area contributed by atoms with E-state index in [-0.39, 0.29) is 11.5 Å².